The lowest BCUT2D eigenvalue weighted by atomic mass is 9.88. The van der Waals surface area contributed by atoms with Gasteiger partial charge >= 0.3 is 0 Å². The summed E-state index contributed by atoms with van der Waals surface area (Å²) in [5.41, 5.74) is 5.06. The number of rotatable bonds is 2. The van der Waals surface area contributed by atoms with Crippen molar-refractivity contribution in [1.82, 2.24) is 9.97 Å². The fraction of sp³-hybridized carbons (Fsp3) is 0.250. The van der Waals surface area contributed by atoms with Gasteiger partial charge in [-0.25, -0.2) is 4.98 Å². The summed E-state index contributed by atoms with van der Waals surface area (Å²) >= 11 is 0. The number of fused-ring (bicyclic) bond motifs is 4. The summed E-state index contributed by atoms with van der Waals surface area (Å²) in [5, 5.41) is 5.23. The molecule has 2 N–H and O–H groups in total. The number of nitrogens with zero attached hydrogens (tertiary/aromatic N) is 2. The number of H-pyrrole nitrogens is 1. The number of anilines is 2. The first kappa shape index (κ1) is 17.5. The molecule has 6 heteroatoms. The van der Waals surface area contributed by atoms with E-state index in [4.69, 9.17) is 9.72 Å². The van der Waals surface area contributed by atoms with Crippen LogP contribution in [0.4, 0.5) is 11.5 Å². The van der Waals surface area contributed by atoms with E-state index in [0.717, 1.165) is 57.7 Å². The highest BCUT2D eigenvalue weighted by Gasteiger charge is 2.33. The van der Waals surface area contributed by atoms with E-state index in [-0.39, 0.29) is 11.8 Å². The fourth-order valence-corrected chi connectivity index (χ4v) is 4.71. The van der Waals surface area contributed by atoms with Crippen molar-refractivity contribution in [2.45, 2.75) is 12.3 Å². The van der Waals surface area contributed by atoms with Crippen molar-refractivity contribution in [2.75, 3.05) is 36.5 Å². The molecule has 1 saturated heterocycles. The first-order chi connectivity index (χ1) is 14.8. The zero-order valence-corrected chi connectivity index (χ0v) is 16.5. The largest absolute Gasteiger partial charge is 0.378 e. The molecular formula is C24H22N4O2. The number of benzene rings is 2. The molecule has 1 amide bonds. The van der Waals surface area contributed by atoms with Crippen molar-refractivity contribution in [3.05, 3.63) is 65.9 Å². The minimum Gasteiger partial charge on any atom is -0.378 e. The number of ether oxygens (including phenoxy) is 1. The van der Waals surface area contributed by atoms with E-state index in [1.54, 1.807) is 0 Å². The third-order valence-electron chi connectivity index (χ3n) is 6.16. The lowest BCUT2D eigenvalue weighted by molar-refractivity contribution is -0.116. The van der Waals surface area contributed by atoms with Gasteiger partial charge in [-0.3, -0.25) is 4.79 Å². The van der Waals surface area contributed by atoms with Crippen LogP contribution in [0.5, 0.6) is 0 Å². The molecule has 4 heterocycles. The predicted molar refractivity (Wildman–Crippen MR) is 118 cm³/mol. The molecule has 2 aromatic carbocycles. The van der Waals surface area contributed by atoms with Crippen molar-refractivity contribution in [2.24, 2.45) is 0 Å². The summed E-state index contributed by atoms with van der Waals surface area (Å²) < 4.78 is 5.57. The van der Waals surface area contributed by atoms with Gasteiger partial charge in [0.25, 0.3) is 0 Å². The topological polar surface area (TPSA) is 70.2 Å². The van der Waals surface area contributed by atoms with E-state index in [2.05, 4.69) is 39.5 Å². The molecule has 30 heavy (non-hydrogen) atoms. The van der Waals surface area contributed by atoms with Gasteiger partial charge in [0, 0.05) is 53.0 Å². The molecule has 0 saturated carbocycles. The Morgan fingerprint density at radius 3 is 2.73 bits per heavy atom. The number of pyridine rings is 1. The summed E-state index contributed by atoms with van der Waals surface area (Å²) in [5.74, 6) is 0.927. The molecule has 2 aliphatic heterocycles. The maximum Gasteiger partial charge on any atom is 0.225 e. The first-order valence-corrected chi connectivity index (χ1v) is 10.4. The van der Waals surface area contributed by atoms with Gasteiger partial charge < -0.3 is 19.9 Å². The maximum atomic E-state index is 12.7. The lowest BCUT2D eigenvalue weighted by Crippen LogP contribution is -2.38. The van der Waals surface area contributed by atoms with Gasteiger partial charge in [-0.05, 0) is 18.2 Å². The Morgan fingerprint density at radius 2 is 1.83 bits per heavy atom. The molecule has 150 valence electrons. The quantitative estimate of drug-likeness (QED) is 0.535. The number of morpholine rings is 1. The Hall–Kier alpha value is -3.38. The Morgan fingerprint density at radius 1 is 1.03 bits per heavy atom. The highest BCUT2D eigenvalue weighted by Crippen LogP contribution is 2.44. The highest BCUT2D eigenvalue weighted by atomic mass is 16.5. The second-order valence-electron chi connectivity index (χ2n) is 7.96. The predicted octanol–water partition coefficient (Wildman–Crippen LogP) is 4.03. The van der Waals surface area contributed by atoms with E-state index in [0.29, 0.717) is 19.6 Å². The number of aromatic nitrogens is 2. The molecule has 4 aromatic rings. The average molecular weight is 398 g/mol. The molecule has 1 atom stereocenters. The zero-order valence-electron chi connectivity index (χ0n) is 16.5. The SMILES string of the molecule is O=C1CC(c2cc3ccccc3nc2N2CCOCC2)c2[nH]c3ccccc3c2N1. The van der Waals surface area contributed by atoms with Crippen LogP contribution >= 0.6 is 0 Å². The van der Waals surface area contributed by atoms with Gasteiger partial charge in [0.1, 0.15) is 5.82 Å². The van der Waals surface area contributed by atoms with Crippen LogP contribution in [0, 0.1) is 0 Å². The van der Waals surface area contributed by atoms with Gasteiger partial charge in [0.05, 0.1) is 24.4 Å². The fourth-order valence-electron chi connectivity index (χ4n) is 4.71. The molecule has 1 unspecified atom stereocenters. The van der Waals surface area contributed by atoms with Crippen LogP contribution in [-0.2, 0) is 9.53 Å². The van der Waals surface area contributed by atoms with E-state index in [9.17, 15) is 4.79 Å². The minimum absolute atomic E-state index is 0.0401. The van der Waals surface area contributed by atoms with Crippen LogP contribution in [0.15, 0.2) is 54.6 Å². The Kier molecular flexibility index (Phi) is 3.99. The van der Waals surface area contributed by atoms with Gasteiger partial charge in [-0.1, -0.05) is 36.4 Å². The molecule has 0 radical (unpaired) electrons. The maximum absolute atomic E-state index is 12.7. The van der Waals surface area contributed by atoms with Gasteiger partial charge in [-0.2, -0.15) is 0 Å². The second-order valence-corrected chi connectivity index (χ2v) is 7.96. The third kappa shape index (κ3) is 2.75. The number of hydrogen-bond acceptors (Lipinski definition) is 4. The summed E-state index contributed by atoms with van der Waals surface area (Å²) in [6.45, 7) is 2.99. The Balaban J connectivity index is 1.58. The number of carbonyl (C=O) groups excluding carboxylic acids is 1. The van der Waals surface area contributed by atoms with E-state index in [1.807, 2.05) is 30.3 Å². The molecule has 6 rings (SSSR count). The molecule has 2 aliphatic rings. The zero-order chi connectivity index (χ0) is 20.1. The summed E-state index contributed by atoms with van der Waals surface area (Å²) in [4.78, 5) is 23.6. The van der Waals surface area contributed by atoms with Crippen LogP contribution in [0.3, 0.4) is 0 Å². The summed E-state index contributed by atoms with van der Waals surface area (Å²) in [6.07, 6.45) is 0.400. The number of aromatic amines is 1. The Labute approximate surface area is 173 Å². The van der Waals surface area contributed by atoms with Crippen molar-refractivity contribution in [1.29, 1.82) is 0 Å². The number of nitrogens with one attached hydrogen (secondary N) is 2. The Bertz CT molecular complexity index is 1270. The smallest absolute Gasteiger partial charge is 0.225 e. The van der Waals surface area contributed by atoms with Crippen molar-refractivity contribution in [3.8, 4) is 0 Å². The molecule has 2 aromatic heterocycles. The lowest BCUT2D eigenvalue weighted by Gasteiger charge is -2.32. The van der Waals surface area contributed by atoms with Gasteiger partial charge in [0.15, 0.2) is 0 Å². The van der Waals surface area contributed by atoms with Crippen molar-refractivity contribution in [3.63, 3.8) is 0 Å². The van der Waals surface area contributed by atoms with Crippen LogP contribution in [0.2, 0.25) is 0 Å². The minimum atomic E-state index is -0.0731. The molecule has 0 aliphatic carbocycles. The van der Waals surface area contributed by atoms with E-state index in [1.165, 1.54) is 0 Å². The van der Waals surface area contributed by atoms with Crippen LogP contribution in [0.1, 0.15) is 23.6 Å². The molecule has 0 spiro atoms. The molecular weight excluding hydrogens is 376 g/mol. The van der Waals surface area contributed by atoms with Crippen molar-refractivity contribution < 1.29 is 9.53 Å². The average Bonchev–Trinajstić information content (AvgIpc) is 3.17. The second kappa shape index (κ2) is 6.85. The van der Waals surface area contributed by atoms with Crippen LogP contribution in [0.25, 0.3) is 21.8 Å². The van der Waals surface area contributed by atoms with Gasteiger partial charge in [0.2, 0.25) is 5.91 Å². The number of amides is 1. The number of hydrogen-bond donors (Lipinski definition) is 2. The van der Waals surface area contributed by atoms with E-state index >= 15 is 0 Å². The van der Waals surface area contributed by atoms with Crippen molar-refractivity contribution >= 4 is 39.2 Å². The molecule has 0 bridgehead atoms. The standard InChI is InChI=1S/C24H22N4O2/c29-21-14-17(23-22(27-21)16-6-2-4-8-20(16)25-23)18-13-15-5-1-3-7-19(15)26-24(18)28-9-11-30-12-10-28/h1-8,13,17,25H,9-12,14H2,(H,27,29). The first-order valence-electron chi connectivity index (χ1n) is 10.4. The van der Waals surface area contributed by atoms with E-state index < -0.39 is 0 Å². The normalized spacial score (nSPS) is 19.1. The highest BCUT2D eigenvalue weighted by molar-refractivity contribution is 6.06. The summed E-state index contributed by atoms with van der Waals surface area (Å²) in [7, 11) is 0. The molecule has 1 fully saturated rings. The number of carbonyl (C=O) groups is 1. The third-order valence-corrected chi connectivity index (χ3v) is 6.16. The monoisotopic (exact) mass is 398 g/mol. The summed E-state index contributed by atoms with van der Waals surface area (Å²) in [6, 6.07) is 18.5. The molecule has 6 nitrogen and oxygen atoms in total. The van der Waals surface area contributed by atoms with Crippen LogP contribution < -0.4 is 10.2 Å². The van der Waals surface area contributed by atoms with Gasteiger partial charge in [-0.15, -0.1) is 0 Å². The number of para-hydroxylation sites is 2. The van der Waals surface area contributed by atoms with Crippen LogP contribution in [-0.4, -0.2) is 42.2 Å².